The van der Waals surface area contributed by atoms with E-state index in [-0.39, 0.29) is 11.9 Å². The summed E-state index contributed by atoms with van der Waals surface area (Å²) in [5, 5.41) is 6.49. The Labute approximate surface area is 165 Å². The van der Waals surface area contributed by atoms with Gasteiger partial charge in [0, 0.05) is 15.7 Å². The van der Waals surface area contributed by atoms with Crippen molar-refractivity contribution < 1.29 is 9.53 Å². The highest BCUT2D eigenvalue weighted by Gasteiger charge is 2.20. The zero-order valence-electron chi connectivity index (χ0n) is 15.0. The molecule has 0 radical (unpaired) electrons. The van der Waals surface area contributed by atoms with Crippen molar-refractivity contribution in [2.24, 2.45) is 0 Å². The molecule has 1 atom stereocenters. The molecule has 0 fully saturated rings. The molecular weight excluding hydrogens is 412 g/mol. The molecule has 1 heterocycles. The van der Waals surface area contributed by atoms with E-state index in [0.717, 1.165) is 4.47 Å². The second kappa shape index (κ2) is 8.20. The molecular formula is C20H21BrN2O2S. The number of nitrogens with one attached hydrogen (secondary N) is 1. The molecule has 0 bridgehead atoms. The number of halogens is 1. The number of rotatable bonds is 6. The molecule has 1 N–H and O–H groups in total. The van der Waals surface area contributed by atoms with Gasteiger partial charge in [-0.3, -0.25) is 4.79 Å². The number of likely N-dealkylation sites (N-methyl/N-ethyl adjacent to an activating group) is 1. The van der Waals surface area contributed by atoms with Crippen LogP contribution in [0.2, 0.25) is 0 Å². The topological polar surface area (TPSA) is 41.6 Å². The first kappa shape index (κ1) is 18.9. The monoisotopic (exact) mass is 432 g/mol. The molecule has 6 heteroatoms. The van der Waals surface area contributed by atoms with Gasteiger partial charge in [-0.25, -0.2) is 0 Å². The lowest BCUT2D eigenvalue weighted by Crippen LogP contribution is -2.34. The van der Waals surface area contributed by atoms with Crippen molar-refractivity contribution in [3.63, 3.8) is 0 Å². The number of thiophene rings is 1. The van der Waals surface area contributed by atoms with Gasteiger partial charge >= 0.3 is 0 Å². The Hall–Kier alpha value is -1.89. The number of nitrogens with zero attached hydrogens (tertiary/aromatic N) is 1. The Kier molecular flexibility index (Phi) is 5.96. The average Bonchev–Trinajstić information content (AvgIpc) is 3.06. The normalized spacial score (nSPS) is 12.3. The van der Waals surface area contributed by atoms with Crippen LogP contribution in [0.1, 0.15) is 22.0 Å². The third kappa shape index (κ3) is 3.92. The van der Waals surface area contributed by atoms with E-state index < -0.39 is 0 Å². The minimum atomic E-state index is -0.123. The molecule has 3 rings (SSSR count). The summed E-state index contributed by atoms with van der Waals surface area (Å²) in [6.07, 6.45) is 0. The summed E-state index contributed by atoms with van der Waals surface area (Å²) in [5.74, 6) is 0.536. The van der Waals surface area contributed by atoms with Gasteiger partial charge < -0.3 is 15.0 Å². The molecule has 1 aromatic heterocycles. The number of methoxy groups -OCH3 is 1. The first-order chi connectivity index (χ1) is 12.5. The van der Waals surface area contributed by atoms with E-state index in [0.29, 0.717) is 17.9 Å². The Bertz CT molecular complexity index is 923. The predicted molar refractivity (Wildman–Crippen MR) is 111 cm³/mol. The number of hydrogen-bond donors (Lipinski definition) is 1. The van der Waals surface area contributed by atoms with Gasteiger partial charge in [-0.1, -0.05) is 18.2 Å². The fraction of sp³-hybridized carbons (Fsp3) is 0.250. The van der Waals surface area contributed by atoms with E-state index in [1.54, 1.807) is 24.5 Å². The number of ether oxygens (including phenoxy) is 1. The van der Waals surface area contributed by atoms with Gasteiger partial charge in [0.1, 0.15) is 5.75 Å². The molecule has 3 aromatic rings. The van der Waals surface area contributed by atoms with Gasteiger partial charge in [-0.2, -0.15) is 0 Å². The van der Waals surface area contributed by atoms with E-state index in [2.05, 4.69) is 55.8 Å². The van der Waals surface area contributed by atoms with E-state index in [4.69, 9.17) is 4.74 Å². The molecule has 0 unspecified atom stereocenters. The van der Waals surface area contributed by atoms with Crippen LogP contribution < -0.4 is 10.1 Å². The van der Waals surface area contributed by atoms with Crippen LogP contribution in [0.25, 0.3) is 10.1 Å². The van der Waals surface area contributed by atoms with Crippen LogP contribution in [0.15, 0.2) is 52.3 Å². The predicted octanol–water partition coefficient (Wildman–Crippen LogP) is 4.71. The van der Waals surface area contributed by atoms with Crippen molar-refractivity contribution in [3.8, 4) is 5.75 Å². The van der Waals surface area contributed by atoms with Gasteiger partial charge in [-0.05, 0) is 70.6 Å². The molecule has 4 nitrogen and oxygen atoms in total. The quantitative estimate of drug-likeness (QED) is 0.613. The summed E-state index contributed by atoms with van der Waals surface area (Å²) < 4.78 is 7.23. The van der Waals surface area contributed by atoms with Gasteiger partial charge in [0.05, 0.1) is 18.7 Å². The van der Waals surface area contributed by atoms with Crippen LogP contribution in [0, 0.1) is 0 Å². The number of fused-ring (bicyclic) bond motifs is 1. The number of carbonyl (C=O) groups excluding carboxylic acids is 1. The summed E-state index contributed by atoms with van der Waals surface area (Å²) in [6, 6.07) is 13.8. The van der Waals surface area contributed by atoms with Crippen molar-refractivity contribution in [2.75, 3.05) is 27.7 Å². The summed E-state index contributed by atoms with van der Waals surface area (Å²) in [7, 11) is 5.66. The molecule has 26 heavy (non-hydrogen) atoms. The summed E-state index contributed by atoms with van der Waals surface area (Å²) in [5.41, 5.74) is 1.80. The fourth-order valence-corrected chi connectivity index (χ4v) is 4.35. The molecule has 0 saturated heterocycles. The maximum Gasteiger partial charge on any atom is 0.252 e. The molecule has 0 aliphatic carbocycles. The fourth-order valence-electron chi connectivity index (χ4n) is 2.92. The maximum atomic E-state index is 12.7. The smallest absolute Gasteiger partial charge is 0.252 e. The third-order valence-electron chi connectivity index (χ3n) is 4.37. The first-order valence-electron chi connectivity index (χ1n) is 8.25. The van der Waals surface area contributed by atoms with Crippen molar-refractivity contribution in [2.45, 2.75) is 6.04 Å². The summed E-state index contributed by atoms with van der Waals surface area (Å²) >= 11 is 5.18. The van der Waals surface area contributed by atoms with Gasteiger partial charge in [-0.15, -0.1) is 11.3 Å². The van der Waals surface area contributed by atoms with Crippen LogP contribution in [-0.2, 0) is 0 Å². The largest absolute Gasteiger partial charge is 0.497 e. The number of amides is 1. The molecule has 0 aliphatic heterocycles. The van der Waals surface area contributed by atoms with Gasteiger partial charge in [0.2, 0.25) is 0 Å². The van der Waals surface area contributed by atoms with E-state index in [1.807, 2.05) is 26.2 Å². The Morgan fingerprint density at radius 1 is 1.27 bits per heavy atom. The second-order valence-corrected chi connectivity index (χ2v) is 7.99. The van der Waals surface area contributed by atoms with Crippen LogP contribution >= 0.6 is 27.3 Å². The lowest BCUT2D eigenvalue weighted by atomic mass is 10.0. The zero-order chi connectivity index (χ0) is 18.7. The van der Waals surface area contributed by atoms with E-state index in [9.17, 15) is 4.79 Å². The highest BCUT2D eigenvalue weighted by Crippen LogP contribution is 2.32. The number of carbonyl (C=O) groups is 1. The molecule has 0 spiro atoms. The molecule has 1 amide bonds. The Balaban J connectivity index is 1.80. The van der Waals surface area contributed by atoms with Crippen LogP contribution in [0.4, 0.5) is 0 Å². The SMILES string of the molecule is COc1ccc(Br)c(C(=O)NC[C@H](c2csc3ccccc23)N(C)C)c1. The second-order valence-electron chi connectivity index (χ2n) is 6.22. The molecule has 0 saturated carbocycles. The minimum Gasteiger partial charge on any atom is -0.497 e. The lowest BCUT2D eigenvalue weighted by molar-refractivity contribution is 0.0941. The lowest BCUT2D eigenvalue weighted by Gasteiger charge is -2.24. The Morgan fingerprint density at radius 3 is 2.77 bits per heavy atom. The molecule has 136 valence electrons. The average molecular weight is 433 g/mol. The Morgan fingerprint density at radius 2 is 2.04 bits per heavy atom. The standard InChI is InChI=1S/C20H21BrN2O2S/c1-23(2)18(16-12-26-19-7-5-4-6-14(16)19)11-22-20(24)15-10-13(25-3)8-9-17(15)21/h4-10,12,18H,11H2,1-3H3,(H,22,24)/t18-/m1/s1. The first-order valence-corrected chi connectivity index (χ1v) is 9.93. The molecule has 2 aromatic carbocycles. The van der Waals surface area contributed by atoms with Crippen molar-refractivity contribution in [1.82, 2.24) is 10.2 Å². The van der Waals surface area contributed by atoms with E-state index >= 15 is 0 Å². The third-order valence-corrected chi connectivity index (χ3v) is 6.04. The van der Waals surface area contributed by atoms with Crippen LogP contribution in [-0.4, -0.2) is 38.6 Å². The zero-order valence-corrected chi connectivity index (χ0v) is 17.4. The van der Waals surface area contributed by atoms with E-state index in [1.165, 1.54) is 15.6 Å². The van der Waals surface area contributed by atoms with Gasteiger partial charge in [0.15, 0.2) is 0 Å². The maximum absolute atomic E-state index is 12.7. The highest BCUT2D eigenvalue weighted by atomic mass is 79.9. The number of hydrogen-bond acceptors (Lipinski definition) is 4. The minimum absolute atomic E-state index is 0.0967. The van der Waals surface area contributed by atoms with Crippen molar-refractivity contribution in [1.29, 1.82) is 0 Å². The number of benzene rings is 2. The molecule has 0 aliphatic rings. The highest BCUT2D eigenvalue weighted by molar-refractivity contribution is 9.10. The van der Waals surface area contributed by atoms with Crippen LogP contribution in [0.3, 0.4) is 0 Å². The van der Waals surface area contributed by atoms with Crippen molar-refractivity contribution >= 4 is 43.3 Å². The van der Waals surface area contributed by atoms with Gasteiger partial charge in [0.25, 0.3) is 5.91 Å². The van der Waals surface area contributed by atoms with Crippen LogP contribution in [0.5, 0.6) is 5.75 Å². The van der Waals surface area contributed by atoms with Crippen molar-refractivity contribution in [3.05, 3.63) is 63.4 Å². The summed E-state index contributed by atoms with van der Waals surface area (Å²) in [4.78, 5) is 14.8. The summed E-state index contributed by atoms with van der Waals surface area (Å²) in [6.45, 7) is 0.524.